The molecule has 2 amide bonds. The summed E-state index contributed by atoms with van der Waals surface area (Å²) in [6, 6.07) is 5.98. The summed E-state index contributed by atoms with van der Waals surface area (Å²) in [5, 5.41) is 9.13. The highest BCUT2D eigenvalue weighted by Gasteiger charge is 2.31. The van der Waals surface area contributed by atoms with Crippen LogP contribution in [0, 0.1) is 0 Å². The van der Waals surface area contributed by atoms with Crippen LogP contribution in [0.3, 0.4) is 0 Å². The lowest BCUT2D eigenvalue weighted by atomic mass is 10.1. The first kappa shape index (κ1) is 18.7. The number of fused-ring (bicyclic) bond motifs is 1. The number of urea groups is 1. The predicted octanol–water partition coefficient (Wildman–Crippen LogP) is 2.50. The van der Waals surface area contributed by atoms with Crippen molar-refractivity contribution in [3.8, 4) is 5.75 Å². The van der Waals surface area contributed by atoms with Crippen molar-refractivity contribution in [2.45, 2.75) is 32.3 Å². The van der Waals surface area contributed by atoms with Crippen LogP contribution in [0.5, 0.6) is 5.75 Å². The number of aromatic amines is 1. The molecule has 1 unspecified atom stereocenters. The maximum absolute atomic E-state index is 12.5. The van der Waals surface area contributed by atoms with Gasteiger partial charge in [-0.1, -0.05) is 12.1 Å². The standard InChI is InChI=1S/C17H17F3N4O3/c1-10(11-2-4-13(5-3-11)27-17(18,19)20)21-16(26)24-7-6-14-12(9-24)8-15(25)23-22-14/h2-5,8,10H,6-7,9H2,1H3,(H,21,26)(H,23,25). The minimum absolute atomic E-state index is 0.267. The van der Waals surface area contributed by atoms with E-state index >= 15 is 0 Å². The number of ether oxygens (including phenoxy) is 1. The molecule has 10 heteroatoms. The number of nitrogens with zero attached hydrogens (tertiary/aromatic N) is 2. The number of benzene rings is 1. The molecule has 144 valence electrons. The molecule has 1 aliphatic heterocycles. The lowest BCUT2D eigenvalue weighted by Crippen LogP contribution is -2.44. The molecule has 0 fully saturated rings. The third-order valence-electron chi connectivity index (χ3n) is 4.20. The van der Waals surface area contributed by atoms with Gasteiger partial charge in [-0.05, 0) is 24.6 Å². The predicted molar refractivity (Wildman–Crippen MR) is 89.0 cm³/mol. The van der Waals surface area contributed by atoms with E-state index in [1.54, 1.807) is 11.8 Å². The largest absolute Gasteiger partial charge is 0.573 e. The SMILES string of the molecule is CC(NC(=O)N1CCc2n[nH]c(=O)cc2C1)c1ccc(OC(F)(F)F)cc1. The van der Waals surface area contributed by atoms with E-state index in [1.165, 1.54) is 30.3 Å². The van der Waals surface area contributed by atoms with Gasteiger partial charge in [0.05, 0.1) is 11.7 Å². The van der Waals surface area contributed by atoms with Crippen molar-refractivity contribution in [1.29, 1.82) is 0 Å². The third-order valence-corrected chi connectivity index (χ3v) is 4.20. The molecule has 3 rings (SSSR count). The summed E-state index contributed by atoms with van der Waals surface area (Å²) in [4.78, 5) is 25.4. The minimum Gasteiger partial charge on any atom is -0.406 e. The van der Waals surface area contributed by atoms with E-state index < -0.39 is 12.4 Å². The van der Waals surface area contributed by atoms with Gasteiger partial charge in [0.2, 0.25) is 0 Å². The van der Waals surface area contributed by atoms with Crippen LogP contribution in [0.4, 0.5) is 18.0 Å². The summed E-state index contributed by atoms with van der Waals surface area (Å²) >= 11 is 0. The van der Waals surface area contributed by atoms with Crippen molar-refractivity contribution in [3.63, 3.8) is 0 Å². The fourth-order valence-corrected chi connectivity index (χ4v) is 2.84. The van der Waals surface area contributed by atoms with Gasteiger partial charge in [-0.3, -0.25) is 4.79 Å². The Labute approximate surface area is 152 Å². The summed E-state index contributed by atoms with van der Waals surface area (Å²) < 4.78 is 40.4. The molecule has 1 aliphatic rings. The minimum atomic E-state index is -4.75. The normalized spacial score (nSPS) is 15.0. The highest BCUT2D eigenvalue weighted by atomic mass is 19.4. The molecule has 0 saturated carbocycles. The van der Waals surface area contributed by atoms with Gasteiger partial charge in [0.1, 0.15) is 5.75 Å². The Morgan fingerprint density at radius 1 is 1.33 bits per heavy atom. The van der Waals surface area contributed by atoms with Crippen LogP contribution in [0.2, 0.25) is 0 Å². The van der Waals surface area contributed by atoms with Crippen molar-refractivity contribution in [1.82, 2.24) is 20.4 Å². The fourth-order valence-electron chi connectivity index (χ4n) is 2.84. The molecule has 27 heavy (non-hydrogen) atoms. The first-order chi connectivity index (χ1) is 12.7. The second-order valence-electron chi connectivity index (χ2n) is 6.16. The van der Waals surface area contributed by atoms with Crippen LogP contribution in [0.15, 0.2) is 35.1 Å². The number of amides is 2. The van der Waals surface area contributed by atoms with Crippen molar-refractivity contribution >= 4 is 6.03 Å². The number of carbonyl (C=O) groups is 1. The molecule has 1 atom stereocenters. The first-order valence-electron chi connectivity index (χ1n) is 8.20. The van der Waals surface area contributed by atoms with Crippen LogP contribution in [-0.2, 0) is 13.0 Å². The number of carbonyl (C=O) groups excluding carboxylic acids is 1. The van der Waals surface area contributed by atoms with Crippen molar-refractivity contribution < 1.29 is 22.7 Å². The average molecular weight is 382 g/mol. The first-order valence-corrected chi connectivity index (χ1v) is 8.20. The quantitative estimate of drug-likeness (QED) is 0.854. The summed E-state index contributed by atoms with van der Waals surface area (Å²) in [7, 11) is 0. The van der Waals surface area contributed by atoms with Gasteiger partial charge in [0.25, 0.3) is 5.56 Å². The topological polar surface area (TPSA) is 87.3 Å². The molecule has 0 radical (unpaired) electrons. The number of aromatic nitrogens is 2. The van der Waals surface area contributed by atoms with E-state index in [1.807, 2.05) is 0 Å². The van der Waals surface area contributed by atoms with Gasteiger partial charge >= 0.3 is 12.4 Å². The van der Waals surface area contributed by atoms with E-state index in [0.717, 1.165) is 5.69 Å². The van der Waals surface area contributed by atoms with Crippen LogP contribution in [0.25, 0.3) is 0 Å². The number of hydrogen-bond donors (Lipinski definition) is 2. The zero-order chi connectivity index (χ0) is 19.6. The zero-order valence-electron chi connectivity index (χ0n) is 14.3. The molecule has 0 spiro atoms. The molecule has 2 N–H and O–H groups in total. The molecule has 7 nitrogen and oxygen atoms in total. The average Bonchev–Trinajstić information content (AvgIpc) is 2.60. The van der Waals surface area contributed by atoms with Gasteiger partial charge in [-0.25, -0.2) is 9.89 Å². The number of halogens is 3. The Morgan fingerprint density at radius 2 is 2.04 bits per heavy atom. The molecule has 0 aliphatic carbocycles. The summed E-state index contributed by atoms with van der Waals surface area (Å²) in [5.74, 6) is -0.324. The van der Waals surface area contributed by atoms with E-state index in [4.69, 9.17) is 0 Å². The van der Waals surface area contributed by atoms with E-state index in [2.05, 4.69) is 20.3 Å². The lowest BCUT2D eigenvalue weighted by molar-refractivity contribution is -0.274. The molecular formula is C17H17F3N4O3. The van der Waals surface area contributed by atoms with Crippen LogP contribution in [-0.4, -0.2) is 34.0 Å². The number of nitrogens with one attached hydrogen (secondary N) is 2. The number of alkyl halides is 3. The second kappa shape index (κ2) is 7.29. The number of rotatable bonds is 3. The van der Waals surface area contributed by atoms with Crippen molar-refractivity contribution in [2.75, 3.05) is 6.54 Å². The third kappa shape index (κ3) is 4.78. The molecule has 1 aromatic carbocycles. The molecule has 2 heterocycles. The van der Waals surface area contributed by atoms with Gasteiger partial charge in [0.15, 0.2) is 0 Å². The molecular weight excluding hydrogens is 365 g/mol. The Hall–Kier alpha value is -3.04. The van der Waals surface area contributed by atoms with Gasteiger partial charge < -0.3 is 15.0 Å². The Balaban J connectivity index is 1.61. The Kier molecular flexibility index (Phi) is 5.06. The summed E-state index contributed by atoms with van der Waals surface area (Å²) in [6.07, 6.45) is -4.22. The van der Waals surface area contributed by atoms with Gasteiger partial charge in [-0.15, -0.1) is 13.2 Å². The van der Waals surface area contributed by atoms with Crippen LogP contribution < -0.4 is 15.6 Å². The second-order valence-corrected chi connectivity index (χ2v) is 6.16. The van der Waals surface area contributed by atoms with Crippen molar-refractivity contribution in [3.05, 3.63) is 57.5 Å². The molecule has 2 aromatic rings. The van der Waals surface area contributed by atoms with Crippen molar-refractivity contribution in [2.24, 2.45) is 0 Å². The Morgan fingerprint density at radius 3 is 2.70 bits per heavy atom. The highest BCUT2D eigenvalue weighted by Crippen LogP contribution is 2.24. The summed E-state index contributed by atoms with van der Waals surface area (Å²) in [5.41, 5.74) is 1.76. The molecule has 0 saturated heterocycles. The van der Waals surface area contributed by atoms with Gasteiger partial charge in [-0.2, -0.15) is 5.10 Å². The fraction of sp³-hybridized carbons (Fsp3) is 0.353. The maximum Gasteiger partial charge on any atom is 0.573 e. The lowest BCUT2D eigenvalue weighted by Gasteiger charge is -2.29. The maximum atomic E-state index is 12.5. The monoisotopic (exact) mass is 382 g/mol. The van der Waals surface area contributed by atoms with Gasteiger partial charge in [0, 0.05) is 31.1 Å². The Bertz CT molecular complexity index is 880. The highest BCUT2D eigenvalue weighted by molar-refractivity contribution is 5.75. The van der Waals surface area contributed by atoms with Crippen LogP contribution >= 0.6 is 0 Å². The van der Waals surface area contributed by atoms with Crippen LogP contribution in [0.1, 0.15) is 29.8 Å². The zero-order valence-corrected chi connectivity index (χ0v) is 14.3. The smallest absolute Gasteiger partial charge is 0.406 e. The molecule has 1 aromatic heterocycles. The van der Waals surface area contributed by atoms with E-state index in [-0.39, 0.29) is 23.9 Å². The number of H-pyrrole nitrogens is 1. The van der Waals surface area contributed by atoms with E-state index in [0.29, 0.717) is 24.1 Å². The summed E-state index contributed by atoms with van der Waals surface area (Å²) in [6.45, 7) is 2.44. The number of hydrogen-bond acceptors (Lipinski definition) is 4. The van der Waals surface area contributed by atoms with E-state index in [9.17, 15) is 22.8 Å². The molecule has 0 bridgehead atoms.